The van der Waals surface area contributed by atoms with Crippen molar-refractivity contribution in [3.63, 3.8) is 0 Å². The number of hydrogen-bond acceptors (Lipinski definition) is 2. The van der Waals surface area contributed by atoms with E-state index in [4.69, 9.17) is 9.84 Å². The standard InChI is InChI=1S/C11H11NO3/c1-7-5-12-11-8(7)3-2-4-9(11)15-6-10(13)14/h2-5,12H,6H2,1H3,(H,13,14). The Morgan fingerprint density at radius 2 is 2.33 bits per heavy atom. The first-order valence-corrected chi connectivity index (χ1v) is 4.60. The van der Waals surface area contributed by atoms with Gasteiger partial charge in [-0.25, -0.2) is 4.79 Å². The van der Waals surface area contributed by atoms with Crippen molar-refractivity contribution in [2.24, 2.45) is 0 Å². The van der Waals surface area contributed by atoms with Crippen molar-refractivity contribution in [2.75, 3.05) is 6.61 Å². The molecule has 0 aliphatic rings. The minimum Gasteiger partial charge on any atom is -0.480 e. The zero-order valence-electron chi connectivity index (χ0n) is 8.28. The third-order valence-corrected chi connectivity index (χ3v) is 2.24. The number of aromatic nitrogens is 1. The summed E-state index contributed by atoms with van der Waals surface area (Å²) in [7, 11) is 0. The fourth-order valence-corrected chi connectivity index (χ4v) is 1.53. The molecular weight excluding hydrogens is 194 g/mol. The van der Waals surface area contributed by atoms with Gasteiger partial charge in [-0.3, -0.25) is 0 Å². The molecule has 2 N–H and O–H groups in total. The fourth-order valence-electron chi connectivity index (χ4n) is 1.53. The van der Waals surface area contributed by atoms with Gasteiger partial charge in [0.05, 0.1) is 5.52 Å². The van der Waals surface area contributed by atoms with E-state index in [-0.39, 0.29) is 6.61 Å². The van der Waals surface area contributed by atoms with Crippen LogP contribution in [0.2, 0.25) is 0 Å². The van der Waals surface area contributed by atoms with Gasteiger partial charge in [0.15, 0.2) is 6.61 Å². The summed E-state index contributed by atoms with van der Waals surface area (Å²) in [5, 5.41) is 9.57. The highest BCUT2D eigenvalue weighted by Crippen LogP contribution is 2.26. The van der Waals surface area contributed by atoms with Crippen LogP contribution in [-0.2, 0) is 4.79 Å². The third kappa shape index (κ3) is 1.79. The molecule has 78 valence electrons. The first-order chi connectivity index (χ1) is 7.18. The molecule has 4 heteroatoms. The normalized spacial score (nSPS) is 10.5. The Kier molecular flexibility index (Phi) is 2.33. The number of ether oxygens (including phenoxy) is 1. The van der Waals surface area contributed by atoms with Crippen LogP contribution >= 0.6 is 0 Å². The Hall–Kier alpha value is -1.97. The third-order valence-electron chi connectivity index (χ3n) is 2.24. The summed E-state index contributed by atoms with van der Waals surface area (Å²) in [6, 6.07) is 5.57. The molecule has 1 heterocycles. The maximum absolute atomic E-state index is 10.4. The number of carboxylic acid groups (broad SMARTS) is 1. The van der Waals surface area contributed by atoms with Gasteiger partial charge in [-0.1, -0.05) is 12.1 Å². The maximum atomic E-state index is 10.4. The van der Waals surface area contributed by atoms with E-state index < -0.39 is 5.97 Å². The average molecular weight is 205 g/mol. The Morgan fingerprint density at radius 3 is 3.07 bits per heavy atom. The number of aryl methyl sites for hydroxylation is 1. The van der Waals surface area contributed by atoms with Crippen molar-refractivity contribution in [2.45, 2.75) is 6.92 Å². The van der Waals surface area contributed by atoms with Crippen LogP contribution in [0.15, 0.2) is 24.4 Å². The number of para-hydroxylation sites is 1. The predicted octanol–water partition coefficient (Wildman–Crippen LogP) is 1.94. The van der Waals surface area contributed by atoms with E-state index in [0.717, 1.165) is 16.5 Å². The first-order valence-electron chi connectivity index (χ1n) is 4.60. The second kappa shape index (κ2) is 3.65. The number of aromatic amines is 1. The van der Waals surface area contributed by atoms with E-state index in [1.54, 1.807) is 6.07 Å². The molecule has 0 saturated carbocycles. The van der Waals surface area contributed by atoms with Gasteiger partial charge in [0.25, 0.3) is 0 Å². The summed E-state index contributed by atoms with van der Waals surface area (Å²) in [6.07, 6.45) is 1.87. The van der Waals surface area contributed by atoms with Gasteiger partial charge in [0, 0.05) is 11.6 Å². The number of aliphatic carboxylic acids is 1. The van der Waals surface area contributed by atoms with Gasteiger partial charge in [-0.2, -0.15) is 0 Å². The predicted molar refractivity (Wildman–Crippen MR) is 56.2 cm³/mol. The first kappa shape index (κ1) is 9.58. The molecule has 15 heavy (non-hydrogen) atoms. The molecule has 0 spiro atoms. The van der Waals surface area contributed by atoms with Crippen LogP contribution in [0.4, 0.5) is 0 Å². The molecule has 0 fully saturated rings. The van der Waals surface area contributed by atoms with E-state index >= 15 is 0 Å². The molecule has 0 bridgehead atoms. The molecule has 0 saturated heterocycles. The van der Waals surface area contributed by atoms with E-state index in [2.05, 4.69) is 4.98 Å². The maximum Gasteiger partial charge on any atom is 0.341 e. The Bertz CT molecular complexity index is 502. The Morgan fingerprint density at radius 1 is 1.53 bits per heavy atom. The lowest BCUT2D eigenvalue weighted by molar-refractivity contribution is -0.139. The number of benzene rings is 1. The van der Waals surface area contributed by atoms with Gasteiger partial charge >= 0.3 is 5.97 Å². The summed E-state index contributed by atoms with van der Waals surface area (Å²) in [4.78, 5) is 13.4. The van der Waals surface area contributed by atoms with Gasteiger partial charge in [0.1, 0.15) is 5.75 Å². The summed E-state index contributed by atoms with van der Waals surface area (Å²) in [5.74, 6) is -0.404. The molecule has 1 aromatic carbocycles. The van der Waals surface area contributed by atoms with Crippen LogP contribution in [0.1, 0.15) is 5.56 Å². The van der Waals surface area contributed by atoms with Crippen LogP contribution in [0, 0.1) is 6.92 Å². The van der Waals surface area contributed by atoms with E-state index in [9.17, 15) is 4.79 Å². The largest absolute Gasteiger partial charge is 0.480 e. The number of carboxylic acids is 1. The topological polar surface area (TPSA) is 62.3 Å². The lowest BCUT2D eigenvalue weighted by Crippen LogP contribution is -2.09. The number of nitrogens with one attached hydrogen (secondary N) is 1. The fraction of sp³-hybridized carbons (Fsp3) is 0.182. The lowest BCUT2D eigenvalue weighted by atomic mass is 10.2. The number of rotatable bonds is 3. The van der Waals surface area contributed by atoms with E-state index in [1.165, 1.54) is 0 Å². The molecule has 1 aromatic heterocycles. The average Bonchev–Trinajstić information content (AvgIpc) is 2.58. The van der Waals surface area contributed by atoms with Gasteiger partial charge in [0.2, 0.25) is 0 Å². The molecule has 2 rings (SSSR count). The second-order valence-corrected chi connectivity index (χ2v) is 3.33. The quantitative estimate of drug-likeness (QED) is 0.804. The van der Waals surface area contributed by atoms with Crippen LogP contribution in [0.3, 0.4) is 0 Å². The highest BCUT2D eigenvalue weighted by molar-refractivity contribution is 5.88. The minimum atomic E-state index is -0.977. The highest BCUT2D eigenvalue weighted by atomic mass is 16.5. The molecule has 0 aliphatic heterocycles. The SMILES string of the molecule is Cc1c[nH]c2c(OCC(=O)O)cccc12. The van der Waals surface area contributed by atoms with Crippen LogP contribution in [0.25, 0.3) is 10.9 Å². The monoisotopic (exact) mass is 205 g/mol. The summed E-state index contributed by atoms with van der Waals surface area (Å²) in [5.41, 5.74) is 1.96. The van der Waals surface area contributed by atoms with Crippen molar-refractivity contribution in [3.8, 4) is 5.75 Å². The molecule has 0 aliphatic carbocycles. The molecule has 2 aromatic rings. The zero-order valence-corrected chi connectivity index (χ0v) is 8.28. The zero-order chi connectivity index (χ0) is 10.8. The molecule has 0 amide bonds. The van der Waals surface area contributed by atoms with Crippen molar-refractivity contribution in [1.29, 1.82) is 0 Å². The number of fused-ring (bicyclic) bond motifs is 1. The number of H-pyrrole nitrogens is 1. The minimum absolute atomic E-state index is 0.322. The molecular formula is C11H11NO3. The van der Waals surface area contributed by atoms with Crippen LogP contribution in [0.5, 0.6) is 5.75 Å². The van der Waals surface area contributed by atoms with Crippen molar-refractivity contribution in [1.82, 2.24) is 4.98 Å². The van der Waals surface area contributed by atoms with Gasteiger partial charge in [-0.05, 0) is 18.6 Å². The van der Waals surface area contributed by atoms with Crippen molar-refractivity contribution in [3.05, 3.63) is 30.0 Å². The number of hydrogen-bond donors (Lipinski definition) is 2. The van der Waals surface area contributed by atoms with Crippen molar-refractivity contribution >= 4 is 16.9 Å². The van der Waals surface area contributed by atoms with Gasteiger partial charge in [-0.15, -0.1) is 0 Å². The van der Waals surface area contributed by atoms with Crippen LogP contribution < -0.4 is 4.74 Å². The molecule has 0 unspecified atom stereocenters. The summed E-state index contributed by atoms with van der Waals surface area (Å²) in [6.45, 7) is 1.66. The lowest BCUT2D eigenvalue weighted by Gasteiger charge is -2.04. The summed E-state index contributed by atoms with van der Waals surface area (Å²) >= 11 is 0. The smallest absolute Gasteiger partial charge is 0.341 e. The summed E-state index contributed by atoms with van der Waals surface area (Å²) < 4.78 is 5.16. The number of carbonyl (C=O) groups is 1. The Labute approximate surface area is 86.5 Å². The Balaban J connectivity index is 2.38. The van der Waals surface area contributed by atoms with Crippen molar-refractivity contribution < 1.29 is 14.6 Å². The van der Waals surface area contributed by atoms with Crippen LogP contribution in [-0.4, -0.2) is 22.7 Å². The second-order valence-electron chi connectivity index (χ2n) is 3.33. The molecule has 4 nitrogen and oxygen atoms in total. The molecule has 0 atom stereocenters. The van der Waals surface area contributed by atoms with E-state index in [1.807, 2.05) is 25.3 Å². The van der Waals surface area contributed by atoms with E-state index in [0.29, 0.717) is 5.75 Å². The molecule has 0 radical (unpaired) electrons. The van der Waals surface area contributed by atoms with Gasteiger partial charge < -0.3 is 14.8 Å². The highest BCUT2D eigenvalue weighted by Gasteiger charge is 2.06.